The molecule has 1 aliphatic rings. The standard InChI is InChI=1S/C14H20N2O2S/c1-11-6-7-12(19-11)9-15-13(17)10-16-8-4-2-3-5-14(16)18/h6-7H,2-5,8-10H2,1H3,(H,15,17). The second-order valence-corrected chi connectivity index (χ2v) is 6.29. The van der Waals surface area contributed by atoms with Crippen molar-refractivity contribution in [3.8, 4) is 0 Å². The number of nitrogens with one attached hydrogen (secondary N) is 1. The Morgan fingerprint density at radius 3 is 2.95 bits per heavy atom. The summed E-state index contributed by atoms with van der Waals surface area (Å²) in [6, 6.07) is 4.07. The van der Waals surface area contributed by atoms with Crippen LogP contribution in [0.25, 0.3) is 0 Å². The lowest BCUT2D eigenvalue weighted by Crippen LogP contribution is -2.40. The van der Waals surface area contributed by atoms with Gasteiger partial charge in [-0.2, -0.15) is 0 Å². The number of amides is 2. The number of likely N-dealkylation sites (tertiary alicyclic amines) is 1. The van der Waals surface area contributed by atoms with Crippen LogP contribution in [0.15, 0.2) is 12.1 Å². The molecule has 1 saturated heterocycles. The number of rotatable bonds is 4. The van der Waals surface area contributed by atoms with E-state index in [9.17, 15) is 9.59 Å². The van der Waals surface area contributed by atoms with Gasteiger partial charge in [0.2, 0.25) is 11.8 Å². The summed E-state index contributed by atoms with van der Waals surface area (Å²) < 4.78 is 0. The molecule has 1 aromatic rings. The summed E-state index contributed by atoms with van der Waals surface area (Å²) in [5.41, 5.74) is 0. The molecule has 1 aromatic heterocycles. The Bertz CT molecular complexity index is 456. The molecule has 0 bridgehead atoms. The van der Waals surface area contributed by atoms with Crippen LogP contribution < -0.4 is 5.32 Å². The first kappa shape index (κ1) is 14.1. The van der Waals surface area contributed by atoms with Gasteiger partial charge in [0.15, 0.2) is 0 Å². The lowest BCUT2D eigenvalue weighted by Gasteiger charge is -2.19. The highest BCUT2D eigenvalue weighted by atomic mass is 32.1. The first-order chi connectivity index (χ1) is 9.15. The fourth-order valence-corrected chi connectivity index (χ4v) is 3.03. The van der Waals surface area contributed by atoms with Gasteiger partial charge in [0.25, 0.3) is 0 Å². The van der Waals surface area contributed by atoms with Gasteiger partial charge in [-0.25, -0.2) is 0 Å². The minimum atomic E-state index is -0.0682. The van der Waals surface area contributed by atoms with Crippen molar-refractivity contribution in [2.24, 2.45) is 0 Å². The summed E-state index contributed by atoms with van der Waals surface area (Å²) >= 11 is 1.68. The third-order valence-corrected chi connectivity index (χ3v) is 4.26. The molecular weight excluding hydrogens is 260 g/mol. The first-order valence-electron chi connectivity index (χ1n) is 6.75. The lowest BCUT2D eigenvalue weighted by molar-refractivity contribution is -0.135. The van der Waals surface area contributed by atoms with Gasteiger partial charge in [0.05, 0.1) is 13.1 Å². The second kappa shape index (κ2) is 6.70. The molecule has 4 nitrogen and oxygen atoms in total. The zero-order chi connectivity index (χ0) is 13.7. The summed E-state index contributed by atoms with van der Waals surface area (Å²) in [5.74, 6) is 0.0425. The Hall–Kier alpha value is -1.36. The summed E-state index contributed by atoms with van der Waals surface area (Å²) in [6.45, 7) is 3.51. The van der Waals surface area contributed by atoms with Crippen molar-refractivity contribution in [3.63, 3.8) is 0 Å². The van der Waals surface area contributed by atoms with E-state index in [2.05, 4.69) is 5.32 Å². The van der Waals surface area contributed by atoms with E-state index in [0.29, 0.717) is 19.5 Å². The molecule has 0 unspecified atom stereocenters. The monoisotopic (exact) mass is 280 g/mol. The van der Waals surface area contributed by atoms with E-state index in [-0.39, 0.29) is 18.4 Å². The van der Waals surface area contributed by atoms with Crippen molar-refractivity contribution in [2.45, 2.75) is 39.2 Å². The van der Waals surface area contributed by atoms with Crippen LogP contribution in [0.5, 0.6) is 0 Å². The van der Waals surface area contributed by atoms with E-state index < -0.39 is 0 Å². The fourth-order valence-electron chi connectivity index (χ4n) is 2.20. The largest absolute Gasteiger partial charge is 0.350 e. The van der Waals surface area contributed by atoms with Gasteiger partial charge >= 0.3 is 0 Å². The molecular formula is C14H20N2O2S. The maximum atomic E-state index is 11.8. The molecule has 104 valence electrons. The van der Waals surface area contributed by atoms with Crippen molar-refractivity contribution in [3.05, 3.63) is 21.9 Å². The SMILES string of the molecule is Cc1ccc(CNC(=O)CN2CCCCCC2=O)s1. The van der Waals surface area contributed by atoms with Crippen LogP contribution in [-0.2, 0) is 16.1 Å². The van der Waals surface area contributed by atoms with Gasteiger partial charge in [-0.3, -0.25) is 9.59 Å². The third-order valence-electron chi connectivity index (χ3n) is 3.26. The first-order valence-corrected chi connectivity index (χ1v) is 7.56. The van der Waals surface area contributed by atoms with Gasteiger partial charge in [0, 0.05) is 22.7 Å². The average Bonchev–Trinajstić information content (AvgIpc) is 2.69. The Labute approximate surface area is 117 Å². The van der Waals surface area contributed by atoms with Crippen LogP contribution in [0.3, 0.4) is 0 Å². The molecule has 0 aliphatic carbocycles. The van der Waals surface area contributed by atoms with Crippen molar-refractivity contribution >= 4 is 23.2 Å². The molecule has 2 heterocycles. The molecule has 1 N–H and O–H groups in total. The number of thiophene rings is 1. The predicted octanol–water partition coefficient (Wildman–Crippen LogP) is 2.08. The molecule has 2 rings (SSSR count). The summed E-state index contributed by atoms with van der Waals surface area (Å²) in [5, 5.41) is 2.88. The van der Waals surface area contributed by atoms with Gasteiger partial charge in [0.1, 0.15) is 0 Å². The normalized spacial score (nSPS) is 16.3. The van der Waals surface area contributed by atoms with Crippen LogP contribution in [-0.4, -0.2) is 29.8 Å². The Morgan fingerprint density at radius 2 is 2.21 bits per heavy atom. The Kier molecular flexibility index (Phi) is 4.96. The van der Waals surface area contributed by atoms with E-state index in [4.69, 9.17) is 0 Å². The van der Waals surface area contributed by atoms with E-state index in [1.807, 2.05) is 19.1 Å². The van der Waals surface area contributed by atoms with Gasteiger partial charge in [-0.15, -0.1) is 11.3 Å². The van der Waals surface area contributed by atoms with E-state index >= 15 is 0 Å². The number of aryl methyl sites for hydroxylation is 1. The van der Waals surface area contributed by atoms with E-state index in [0.717, 1.165) is 24.1 Å². The van der Waals surface area contributed by atoms with Crippen LogP contribution in [0, 0.1) is 6.92 Å². The Morgan fingerprint density at radius 1 is 1.37 bits per heavy atom. The molecule has 0 radical (unpaired) electrons. The average molecular weight is 280 g/mol. The third kappa shape index (κ3) is 4.35. The summed E-state index contributed by atoms with van der Waals surface area (Å²) in [4.78, 5) is 27.7. The maximum absolute atomic E-state index is 11.8. The van der Waals surface area contributed by atoms with Crippen molar-refractivity contribution in [1.82, 2.24) is 10.2 Å². The van der Waals surface area contributed by atoms with E-state index in [1.165, 1.54) is 4.88 Å². The lowest BCUT2D eigenvalue weighted by atomic mass is 10.2. The van der Waals surface area contributed by atoms with Gasteiger partial charge in [-0.1, -0.05) is 6.42 Å². The quantitative estimate of drug-likeness (QED) is 0.918. The minimum Gasteiger partial charge on any atom is -0.350 e. The highest BCUT2D eigenvalue weighted by Crippen LogP contribution is 2.14. The van der Waals surface area contributed by atoms with Crippen LogP contribution in [0.2, 0.25) is 0 Å². The summed E-state index contributed by atoms with van der Waals surface area (Å²) in [6.07, 6.45) is 3.62. The molecule has 19 heavy (non-hydrogen) atoms. The van der Waals surface area contributed by atoms with E-state index in [1.54, 1.807) is 16.2 Å². The number of hydrogen-bond acceptors (Lipinski definition) is 3. The van der Waals surface area contributed by atoms with Crippen LogP contribution in [0.1, 0.15) is 35.4 Å². The van der Waals surface area contributed by atoms with Crippen molar-refractivity contribution in [2.75, 3.05) is 13.1 Å². The number of carbonyl (C=O) groups is 2. The molecule has 1 fully saturated rings. The second-order valence-electron chi connectivity index (χ2n) is 4.92. The molecule has 0 aromatic carbocycles. The number of carbonyl (C=O) groups excluding carboxylic acids is 2. The molecule has 0 atom stereocenters. The van der Waals surface area contributed by atoms with Gasteiger partial charge in [-0.05, 0) is 31.9 Å². The maximum Gasteiger partial charge on any atom is 0.239 e. The predicted molar refractivity (Wildman–Crippen MR) is 76.0 cm³/mol. The van der Waals surface area contributed by atoms with Crippen molar-refractivity contribution < 1.29 is 9.59 Å². The molecule has 0 spiro atoms. The number of hydrogen-bond donors (Lipinski definition) is 1. The van der Waals surface area contributed by atoms with Crippen molar-refractivity contribution in [1.29, 1.82) is 0 Å². The molecule has 2 amide bonds. The van der Waals surface area contributed by atoms with Gasteiger partial charge < -0.3 is 10.2 Å². The fraction of sp³-hybridized carbons (Fsp3) is 0.571. The zero-order valence-electron chi connectivity index (χ0n) is 11.3. The molecule has 0 saturated carbocycles. The smallest absolute Gasteiger partial charge is 0.239 e. The number of nitrogens with zero attached hydrogens (tertiary/aromatic N) is 1. The van der Waals surface area contributed by atoms with Crippen LogP contribution in [0.4, 0.5) is 0 Å². The molecule has 5 heteroatoms. The minimum absolute atomic E-state index is 0.0682. The summed E-state index contributed by atoms with van der Waals surface area (Å²) in [7, 11) is 0. The zero-order valence-corrected chi connectivity index (χ0v) is 12.1. The highest BCUT2D eigenvalue weighted by Gasteiger charge is 2.18. The molecule has 1 aliphatic heterocycles. The van der Waals surface area contributed by atoms with Crippen LogP contribution >= 0.6 is 11.3 Å². The highest BCUT2D eigenvalue weighted by molar-refractivity contribution is 7.11. The topological polar surface area (TPSA) is 49.4 Å². The Balaban J connectivity index is 1.78.